The van der Waals surface area contributed by atoms with Gasteiger partial charge in [0.1, 0.15) is 0 Å². The number of pyridine rings is 1. The highest BCUT2D eigenvalue weighted by Gasteiger charge is 2.30. The third-order valence-electron chi connectivity index (χ3n) is 3.30. The predicted molar refractivity (Wildman–Crippen MR) is 83.8 cm³/mol. The second-order valence-electron chi connectivity index (χ2n) is 5.25. The highest BCUT2D eigenvalue weighted by Crippen LogP contribution is 2.31. The third kappa shape index (κ3) is 3.33. The van der Waals surface area contributed by atoms with Crippen LogP contribution in [0.1, 0.15) is 19.4 Å². The van der Waals surface area contributed by atoms with Gasteiger partial charge in [0.15, 0.2) is 5.17 Å². The van der Waals surface area contributed by atoms with Gasteiger partial charge in [0.25, 0.3) is 5.91 Å². The normalized spacial score (nSPS) is 28.1. The minimum Gasteiger partial charge on any atom is -0.372 e. The first-order chi connectivity index (χ1) is 10.1. The first kappa shape index (κ1) is 14.3. The van der Waals surface area contributed by atoms with Gasteiger partial charge in [-0.2, -0.15) is 4.99 Å². The minimum atomic E-state index is -0.168. The van der Waals surface area contributed by atoms with Gasteiger partial charge in [-0.05, 0) is 49.4 Å². The molecule has 3 rings (SSSR count). The molecular weight excluding hydrogens is 286 g/mol. The van der Waals surface area contributed by atoms with Crippen LogP contribution in [-0.4, -0.2) is 46.3 Å². The Morgan fingerprint density at radius 3 is 2.62 bits per heavy atom. The number of nitrogens with zero attached hydrogens (tertiary/aromatic N) is 3. The fourth-order valence-corrected chi connectivity index (χ4v) is 3.41. The van der Waals surface area contributed by atoms with Crippen LogP contribution in [0, 0.1) is 0 Å². The lowest BCUT2D eigenvalue weighted by Crippen LogP contribution is -2.47. The van der Waals surface area contributed by atoms with Gasteiger partial charge in [-0.3, -0.25) is 9.78 Å². The van der Waals surface area contributed by atoms with Gasteiger partial charge >= 0.3 is 0 Å². The number of morpholine rings is 1. The van der Waals surface area contributed by atoms with E-state index < -0.39 is 0 Å². The van der Waals surface area contributed by atoms with Gasteiger partial charge in [-0.15, -0.1) is 0 Å². The van der Waals surface area contributed by atoms with Crippen molar-refractivity contribution in [2.45, 2.75) is 26.1 Å². The number of rotatable bonds is 1. The van der Waals surface area contributed by atoms with Crippen LogP contribution in [-0.2, 0) is 9.53 Å². The van der Waals surface area contributed by atoms with Gasteiger partial charge in [0.05, 0.1) is 17.1 Å². The summed E-state index contributed by atoms with van der Waals surface area (Å²) < 4.78 is 5.71. The molecule has 6 heteroatoms. The van der Waals surface area contributed by atoms with E-state index in [2.05, 4.69) is 14.9 Å². The molecule has 5 nitrogen and oxygen atoms in total. The van der Waals surface area contributed by atoms with Crippen molar-refractivity contribution in [3.05, 3.63) is 35.0 Å². The van der Waals surface area contributed by atoms with E-state index in [1.807, 2.05) is 32.1 Å². The molecule has 0 spiro atoms. The first-order valence-corrected chi connectivity index (χ1v) is 7.76. The summed E-state index contributed by atoms with van der Waals surface area (Å²) in [5.41, 5.74) is 0.959. The molecule has 0 saturated carbocycles. The molecule has 0 unspecified atom stereocenters. The average Bonchev–Trinajstić information content (AvgIpc) is 2.80. The van der Waals surface area contributed by atoms with Crippen molar-refractivity contribution >= 4 is 28.9 Å². The average molecular weight is 303 g/mol. The second-order valence-corrected chi connectivity index (χ2v) is 6.26. The van der Waals surface area contributed by atoms with E-state index >= 15 is 0 Å². The van der Waals surface area contributed by atoms with Crippen molar-refractivity contribution in [3.63, 3.8) is 0 Å². The van der Waals surface area contributed by atoms with Gasteiger partial charge in [-0.1, -0.05) is 0 Å². The van der Waals surface area contributed by atoms with E-state index in [4.69, 9.17) is 4.74 Å². The maximum Gasteiger partial charge on any atom is 0.286 e. The number of hydrogen-bond acceptors (Lipinski definition) is 5. The summed E-state index contributed by atoms with van der Waals surface area (Å²) >= 11 is 1.44. The number of aromatic nitrogens is 1. The molecule has 0 N–H and O–H groups in total. The Morgan fingerprint density at radius 2 is 1.95 bits per heavy atom. The van der Waals surface area contributed by atoms with Gasteiger partial charge in [0, 0.05) is 25.5 Å². The van der Waals surface area contributed by atoms with Crippen LogP contribution in [0.3, 0.4) is 0 Å². The number of carbonyl (C=O) groups excluding carboxylic acids is 1. The lowest BCUT2D eigenvalue weighted by Gasteiger charge is -2.35. The van der Waals surface area contributed by atoms with Gasteiger partial charge in [-0.25, -0.2) is 0 Å². The lowest BCUT2D eigenvalue weighted by atomic mass is 10.2. The van der Waals surface area contributed by atoms with E-state index in [1.165, 1.54) is 11.8 Å². The second kappa shape index (κ2) is 5.99. The summed E-state index contributed by atoms with van der Waals surface area (Å²) in [7, 11) is 0. The SMILES string of the molecule is C[C@H]1CN(C2=NC(=O)/C(=C/c3ccncc3)S2)C[C@H](C)O1. The molecule has 1 aromatic heterocycles. The van der Waals surface area contributed by atoms with Crippen molar-refractivity contribution in [3.8, 4) is 0 Å². The Balaban J connectivity index is 1.74. The van der Waals surface area contributed by atoms with Crippen LogP contribution in [0.15, 0.2) is 34.4 Å². The summed E-state index contributed by atoms with van der Waals surface area (Å²) in [6.07, 6.45) is 5.59. The minimum absolute atomic E-state index is 0.153. The number of carbonyl (C=O) groups is 1. The molecule has 1 aromatic rings. The Labute approximate surface area is 128 Å². The van der Waals surface area contributed by atoms with Crippen LogP contribution in [0.4, 0.5) is 0 Å². The standard InChI is InChI=1S/C15H17N3O2S/c1-10-8-18(9-11(2)20-10)15-17-14(19)13(21-15)7-12-3-5-16-6-4-12/h3-7,10-11H,8-9H2,1-2H3/b13-7-/t10-,11-/m0/s1. The molecule has 0 radical (unpaired) electrons. The Kier molecular flexibility index (Phi) is 4.07. The van der Waals surface area contributed by atoms with Crippen LogP contribution in [0.25, 0.3) is 6.08 Å². The number of aliphatic imine (C=N–C) groups is 1. The molecular formula is C15H17N3O2S. The van der Waals surface area contributed by atoms with Gasteiger partial charge < -0.3 is 9.64 Å². The number of ether oxygens (including phenoxy) is 1. The smallest absolute Gasteiger partial charge is 0.286 e. The Hall–Kier alpha value is -1.66. The molecule has 0 aliphatic carbocycles. The van der Waals surface area contributed by atoms with Crippen molar-refractivity contribution in [2.24, 2.45) is 4.99 Å². The molecule has 0 bridgehead atoms. The zero-order valence-corrected chi connectivity index (χ0v) is 12.8. The fraction of sp³-hybridized carbons (Fsp3) is 0.400. The summed E-state index contributed by atoms with van der Waals surface area (Å²) in [6, 6.07) is 3.75. The topological polar surface area (TPSA) is 54.8 Å². The molecule has 1 amide bonds. The lowest BCUT2D eigenvalue weighted by molar-refractivity contribution is -0.113. The van der Waals surface area contributed by atoms with E-state index in [0.29, 0.717) is 4.91 Å². The molecule has 2 aliphatic heterocycles. The molecule has 2 atom stereocenters. The van der Waals surface area contributed by atoms with E-state index in [9.17, 15) is 4.79 Å². The largest absolute Gasteiger partial charge is 0.372 e. The predicted octanol–water partition coefficient (Wildman–Crippen LogP) is 2.16. The van der Waals surface area contributed by atoms with Crippen molar-refractivity contribution < 1.29 is 9.53 Å². The summed E-state index contributed by atoms with van der Waals surface area (Å²) in [5.74, 6) is -0.168. The number of amides is 1. The number of hydrogen-bond donors (Lipinski definition) is 0. The van der Waals surface area contributed by atoms with Crippen molar-refractivity contribution in [1.29, 1.82) is 0 Å². The van der Waals surface area contributed by atoms with E-state index in [1.54, 1.807) is 12.4 Å². The van der Waals surface area contributed by atoms with E-state index in [0.717, 1.165) is 23.8 Å². The third-order valence-corrected chi connectivity index (χ3v) is 4.35. The summed E-state index contributed by atoms with van der Waals surface area (Å²) in [6.45, 7) is 5.62. The summed E-state index contributed by atoms with van der Waals surface area (Å²) in [5, 5.41) is 0.780. The highest BCUT2D eigenvalue weighted by molar-refractivity contribution is 8.18. The van der Waals surface area contributed by atoms with Crippen LogP contribution >= 0.6 is 11.8 Å². The van der Waals surface area contributed by atoms with Crippen molar-refractivity contribution in [2.75, 3.05) is 13.1 Å². The van der Waals surface area contributed by atoms with Crippen molar-refractivity contribution in [1.82, 2.24) is 9.88 Å². The molecule has 1 fully saturated rings. The molecule has 110 valence electrons. The Bertz CT molecular complexity index is 590. The molecule has 2 aliphatic rings. The van der Waals surface area contributed by atoms with Crippen LogP contribution < -0.4 is 0 Å². The zero-order chi connectivity index (χ0) is 14.8. The van der Waals surface area contributed by atoms with E-state index in [-0.39, 0.29) is 18.1 Å². The number of thioether (sulfide) groups is 1. The monoisotopic (exact) mass is 303 g/mol. The zero-order valence-electron chi connectivity index (χ0n) is 12.0. The molecule has 21 heavy (non-hydrogen) atoms. The molecule has 0 aromatic carbocycles. The summed E-state index contributed by atoms with van der Waals surface area (Å²) in [4.78, 5) is 23.0. The van der Waals surface area contributed by atoms with Gasteiger partial charge in [0.2, 0.25) is 0 Å². The number of amidine groups is 1. The maximum absolute atomic E-state index is 12.0. The Morgan fingerprint density at radius 1 is 1.29 bits per heavy atom. The highest BCUT2D eigenvalue weighted by atomic mass is 32.2. The fourth-order valence-electron chi connectivity index (χ4n) is 2.48. The molecule has 1 saturated heterocycles. The van der Waals surface area contributed by atoms with Crippen LogP contribution in [0.2, 0.25) is 0 Å². The quantitative estimate of drug-likeness (QED) is 0.744. The maximum atomic E-state index is 12.0. The first-order valence-electron chi connectivity index (χ1n) is 6.95. The molecule has 3 heterocycles. The van der Waals surface area contributed by atoms with Crippen LogP contribution in [0.5, 0.6) is 0 Å².